The van der Waals surface area contributed by atoms with E-state index < -0.39 is 0 Å². The van der Waals surface area contributed by atoms with Gasteiger partial charge in [0.05, 0.1) is 6.54 Å². The van der Waals surface area contributed by atoms with Crippen LogP contribution in [0.1, 0.15) is 40.0 Å². The number of likely N-dealkylation sites (tertiary alicyclic amines) is 1. The molecule has 0 aromatic heterocycles. The Kier molecular flexibility index (Phi) is 6.65. The van der Waals surface area contributed by atoms with E-state index in [9.17, 15) is 4.79 Å². The number of carbonyl (C=O) groups excluding carboxylic acids is 1. The zero-order valence-electron chi connectivity index (χ0n) is 12.1. The van der Waals surface area contributed by atoms with Crippen molar-refractivity contribution in [2.75, 3.05) is 26.2 Å². The normalized spacial score (nSPS) is 20.1. The summed E-state index contributed by atoms with van der Waals surface area (Å²) in [7, 11) is 0. The number of amides is 1. The van der Waals surface area contributed by atoms with Gasteiger partial charge in [-0.3, -0.25) is 9.69 Å². The molecule has 1 fully saturated rings. The molecule has 1 saturated heterocycles. The monoisotopic (exact) mass is 255 g/mol. The topological polar surface area (TPSA) is 58.4 Å². The van der Waals surface area contributed by atoms with Gasteiger partial charge in [-0.1, -0.05) is 13.8 Å². The van der Waals surface area contributed by atoms with Crippen LogP contribution in [-0.2, 0) is 4.79 Å². The van der Waals surface area contributed by atoms with E-state index >= 15 is 0 Å². The molecule has 18 heavy (non-hydrogen) atoms. The van der Waals surface area contributed by atoms with E-state index in [4.69, 9.17) is 5.73 Å². The third-order valence-corrected chi connectivity index (χ3v) is 3.79. The first kappa shape index (κ1) is 15.4. The number of nitrogens with one attached hydrogen (secondary N) is 1. The summed E-state index contributed by atoms with van der Waals surface area (Å²) in [6.07, 6.45) is 3.30. The molecule has 1 amide bonds. The molecule has 4 heteroatoms. The summed E-state index contributed by atoms with van der Waals surface area (Å²) in [5.41, 5.74) is 5.91. The molecule has 0 bridgehead atoms. The predicted molar refractivity (Wildman–Crippen MR) is 75.3 cm³/mol. The highest BCUT2D eigenvalue weighted by Crippen LogP contribution is 2.18. The fourth-order valence-electron chi connectivity index (χ4n) is 2.40. The summed E-state index contributed by atoms with van der Waals surface area (Å²) < 4.78 is 0. The molecule has 0 aromatic rings. The molecule has 1 unspecified atom stereocenters. The summed E-state index contributed by atoms with van der Waals surface area (Å²) in [6.45, 7) is 9.78. The average molecular weight is 255 g/mol. The molecule has 4 nitrogen and oxygen atoms in total. The number of carbonyl (C=O) groups is 1. The molecule has 1 rings (SSSR count). The Labute approximate surface area is 111 Å². The van der Waals surface area contributed by atoms with Crippen molar-refractivity contribution in [2.45, 2.75) is 46.1 Å². The van der Waals surface area contributed by atoms with Gasteiger partial charge in [0.2, 0.25) is 5.91 Å². The lowest BCUT2D eigenvalue weighted by atomic mass is 9.91. The van der Waals surface area contributed by atoms with Crippen molar-refractivity contribution in [3.8, 4) is 0 Å². The van der Waals surface area contributed by atoms with Crippen molar-refractivity contribution in [2.24, 2.45) is 17.6 Å². The summed E-state index contributed by atoms with van der Waals surface area (Å²) in [4.78, 5) is 14.0. The molecule has 1 atom stereocenters. The fraction of sp³-hybridized carbons (Fsp3) is 0.929. The molecule has 3 N–H and O–H groups in total. The minimum absolute atomic E-state index is 0.162. The highest BCUT2D eigenvalue weighted by atomic mass is 16.2. The lowest BCUT2D eigenvalue weighted by molar-refractivity contribution is -0.122. The Bertz CT molecular complexity index is 245. The highest BCUT2D eigenvalue weighted by molar-refractivity contribution is 5.77. The number of piperidine rings is 1. The van der Waals surface area contributed by atoms with Crippen LogP contribution in [0.5, 0.6) is 0 Å². The van der Waals surface area contributed by atoms with Crippen molar-refractivity contribution >= 4 is 5.91 Å². The second-order valence-electron chi connectivity index (χ2n) is 6.01. The van der Waals surface area contributed by atoms with Crippen LogP contribution in [0.25, 0.3) is 0 Å². The molecule has 1 aliphatic rings. The van der Waals surface area contributed by atoms with Crippen LogP contribution in [0.3, 0.4) is 0 Å². The van der Waals surface area contributed by atoms with Crippen LogP contribution < -0.4 is 11.1 Å². The Balaban J connectivity index is 2.14. The molecule has 0 spiro atoms. The van der Waals surface area contributed by atoms with Gasteiger partial charge in [-0.15, -0.1) is 0 Å². The standard InChI is InChI=1S/C14H29N3O/c1-11(2)4-7-16-14(18)10-17-8-5-13(6-9-17)12(3)15/h11-13H,4-10,15H2,1-3H3,(H,16,18). The number of nitrogens with zero attached hydrogens (tertiary/aromatic N) is 1. The van der Waals surface area contributed by atoms with E-state index in [1.165, 1.54) is 0 Å². The number of hydrogen-bond donors (Lipinski definition) is 2. The Hall–Kier alpha value is -0.610. The second-order valence-corrected chi connectivity index (χ2v) is 6.01. The van der Waals surface area contributed by atoms with Crippen LogP contribution in [-0.4, -0.2) is 43.0 Å². The van der Waals surface area contributed by atoms with Crippen molar-refractivity contribution in [3.63, 3.8) is 0 Å². The average Bonchev–Trinajstić information content (AvgIpc) is 2.29. The lowest BCUT2D eigenvalue weighted by Crippen LogP contribution is -2.44. The minimum atomic E-state index is 0.162. The molecule has 1 aliphatic heterocycles. The Morgan fingerprint density at radius 1 is 1.33 bits per heavy atom. The first-order chi connectivity index (χ1) is 8.49. The van der Waals surface area contributed by atoms with Gasteiger partial charge in [-0.05, 0) is 51.1 Å². The number of nitrogens with two attached hydrogens (primary N) is 1. The second kappa shape index (κ2) is 7.74. The van der Waals surface area contributed by atoms with Crippen molar-refractivity contribution in [1.82, 2.24) is 10.2 Å². The van der Waals surface area contributed by atoms with E-state index in [-0.39, 0.29) is 11.9 Å². The van der Waals surface area contributed by atoms with Gasteiger partial charge in [0.15, 0.2) is 0 Å². The van der Waals surface area contributed by atoms with E-state index in [0.29, 0.717) is 18.4 Å². The van der Waals surface area contributed by atoms with Gasteiger partial charge in [-0.25, -0.2) is 0 Å². The zero-order valence-corrected chi connectivity index (χ0v) is 12.1. The molecular weight excluding hydrogens is 226 g/mol. The maximum atomic E-state index is 11.7. The molecule has 0 aliphatic carbocycles. The predicted octanol–water partition coefficient (Wildman–Crippen LogP) is 1.21. The van der Waals surface area contributed by atoms with Gasteiger partial charge in [0.1, 0.15) is 0 Å². The maximum absolute atomic E-state index is 11.7. The van der Waals surface area contributed by atoms with Crippen LogP contribution >= 0.6 is 0 Å². The van der Waals surface area contributed by atoms with E-state index in [2.05, 4.69) is 31.0 Å². The summed E-state index contributed by atoms with van der Waals surface area (Å²) in [5.74, 6) is 1.44. The van der Waals surface area contributed by atoms with Crippen molar-refractivity contribution in [1.29, 1.82) is 0 Å². The highest BCUT2D eigenvalue weighted by Gasteiger charge is 2.22. The van der Waals surface area contributed by atoms with E-state index in [1.54, 1.807) is 0 Å². The molecule has 0 radical (unpaired) electrons. The number of rotatable bonds is 6. The molecule has 106 valence electrons. The molecular formula is C14H29N3O. The van der Waals surface area contributed by atoms with Crippen LogP contribution in [0, 0.1) is 11.8 Å². The van der Waals surface area contributed by atoms with Gasteiger partial charge >= 0.3 is 0 Å². The maximum Gasteiger partial charge on any atom is 0.234 e. The van der Waals surface area contributed by atoms with Gasteiger partial charge < -0.3 is 11.1 Å². The van der Waals surface area contributed by atoms with E-state index in [1.807, 2.05) is 0 Å². The van der Waals surface area contributed by atoms with Crippen LogP contribution in [0.15, 0.2) is 0 Å². The smallest absolute Gasteiger partial charge is 0.234 e. The minimum Gasteiger partial charge on any atom is -0.355 e. The summed E-state index contributed by atoms with van der Waals surface area (Å²) in [6, 6.07) is 0.284. The SMILES string of the molecule is CC(C)CCNC(=O)CN1CCC(C(C)N)CC1. The third kappa shape index (κ3) is 5.83. The first-order valence-electron chi connectivity index (χ1n) is 7.23. The van der Waals surface area contributed by atoms with Crippen LogP contribution in [0.2, 0.25) is 0 Å². The fourth-order valence-corrected chi connectivity index (χ4v) is 2.40. The Morgan fingerprint density at radius 2 is 1.94 bits per heavy atom. The molecule has 0 aromatic carbocycles. The van der Waals surface area contributed by atoms with E-state index in [0.717, 1.165) is 38.9 Å². The summed E-state index contributed by atoms with van der Waals surface area (Å²) >= 11 is 0. The largest absolute Gasteiger partial charge is 0.355 e. The van der Waals surface area contributed by atoms with Gasteiger partial charge in [0.25, 0.3) is 0 Å². The molecule has 1 heterocycles. The quantitative estimate of drug-likeness (QED) is 0.750. The first-order valence-corrected chi connectivity index (χ1v) is 7.23. The van der Waals surface area contributed by atoms with Gasteiger partial charge in [-0.2, -0.15) is 0 Å². The molecule has 0 saturated carbocycles. The number of hydrogen-bond acceptors (Lipinski definition) is 3. The summed E-state index contributed by atoms with van der Waals surface area (Å²) in [5, 5.41) is 2.99. The van der Waals surface area contributed by atoms with Crippen molar-refractivity contribution in [3.05, 3.63) is 0 Å². The van der Waals surface area contributed by atoms with Crippen molar-refractivity contribution < 1.29 is 4.79 Å². The lowest BCUT2D eigenvalue weighted by Gasteiger charge is -2.33. The van der Waals surface area contributed by atoms with Gasteiger partial charge in [0, 0.05) is 12.6 Å². The Morgan fingerprint density at radius 3 is 2.44 bits per heavy atom. The third-order valence-electron chi connectivity index (χ3n) is 3.79. The van der Waals surface area contributed by atoms with Crippen LogP contribution in [0.4, 0.5) is 0 Å². The zero-order chi connectivity index (χ0) is 13.5.